The van der Waals surface area contributed by atoms with Crippen LogP contribution in [0.1, 0.15) is 25.3 Å². The molecule has 1 aliphatic rings. The molecule has 1 fully saturated rings. The Bertz CT molecular complexity index is 352. The predicted octanol–water partition coefficient (Wildman–Crippen LogP) is 1.63. The topological polar surface area (TPSA) is 49.3 Å². The van der Waals surface area contributed by atoms with Gasteiger partial charge in [-0.05, 0) is 30.5 Å². The molecular weight excluding hydrogens is 178 g/mol. The molecule has 0 bridgehead atoms. The normalized spacial score (nSPS) is 17.6. The fourth-order valence-corrected chi connectivity index (χ4v) is 1.47. The van der Waals surface area contributed by atoms with Crippen molar-refractivity contribution in [2.24, 2.45) is 0 Å². The third kappa shape index (κ3) is 1.77. The van der Waals surface area contributed by atoms with Crippen LogP contribution in [0.15, 0.2) is 24.3 Å². The number of carbonyl (C=O) groups excluding carboxylic acids is 1. The highest BCUT2D eigenvalue weighted by molar-refractivity contribution is 5.88. The van der Waals surface area contributed by atoms with Crippen molar-refractivity contribution in [2.75, 3.05) is 5.32 Å². The Morgan fingerprint density at radius 3 is 2.36 bits per heavy atom. The van der Waals surface area contributed by atoms with Crippen LogP contribution >= 0.6 is 0 Å². The maximum atomic E-state index is 10.7. The number of rotatable bonds is 2. The van der Waals surface area contributed by atoms with Crippen LogP contribution in [0.3, 0.4) is 0 Å². The van der Waals surface area contributed by atoms with Crippen LogP contribution in [0.5, 0.6) is 0 Å². The zero-order valence-electron chi connectivity index (χ0n) is 8.08. The molecule has 1 amide bonds. The molecule has 1 aromatic carbocycles. The molecule has 0 radical (unpaired) electrons. The highest BCUT2D eigenvalue weighted by Gasteiger charge is 2.41. The monoisotopic (exact) mass is 191 g/mol. The molecule has 1 aromatic rings. The van der Waals surface area contributed by atoms with Crippen LogP contribution in [0.2, 0.25) is 0 Å². The van der Waals surface area contributed by atoms with E-state index in [4.69, 9.17) is 0 Å². The fraction of sp³-hybridized carbons (Fsp3) is 0.364. The summed E-state index contributed by atoms with van der Waals surface area (Å²) >= 11 is 0. The smallest absolute Gasteiger partial charge is 0.221 e. The SMILES string of the molecule is CC(=O)Nc1ccc(C2(O)CC2)cc1. The van der Waals surface area contributed by atoms with Crippen LogP contribution in [-0.4, -0.2) is 11.0 Å². The van der Waals surface area contributed by atoms with Gasteiger partial charge in [-0.2, -0.15) is 0 Å². The first-order valence-corrected chi connectivity index (χ1v) is 4.71. The van der Waals surface area contributed by atoms with Gasteiger partial charge in [-0.1, -0.05) is 12.1 Å². The molecule has 74 valence electrons. The summed E-state index contributed by atoms with van der Waals surface area (Å²) in [5, 5.41) is 12.5. The molecule has 0 saturated heterocycles. The Morgan fingerprint density at radius 1 is 1.36 bits per heavy atom. The summed E-state index contributed by atoms with van der Waals surface area (Å²) in [6, 6.07) is 7.34. The Labute approximate surface area is 82.8 Å². The number of carbonyl (C=O) groups is 1. The average molecular weight is 191 g/mol. The van der Waals surface area contributed by atoms with Crippen molar-refractivity contribution in [1.29, 1.82) is 0 Å². The van der Waals surface area contributed by atoms with Crippen molar-refractivity contribution in [3.05, 3.63) is 29.8 Å². The molecular formula is C11H13NO2. The Kier molecular flexibility index (Phi) is 2.04. The lowest BCUT2D eigenvalue weighted by Gasteiger charge is -2.08. The Morgan fingerprint density at radius 2 is 1.93 bits per heavy atom. The highest BCUT2D eigenvalue weighted by atomic mass is 16.3. The first kappa shape index (κ1) is 9.21. The van der Waals surface area contributed by atoms with Gasteiger partial charge in [-0.3, -0.25) is 4.79 Å². The zero-order valence-corrected chi connectivity index (χ0v) is 8.08. The van der Waals surface area contributed by atoms with E-state index in [1.807, 2.05) is 24.3 Å². The number of hydrogen-bond acceptors (Lipinski definition) is 2. The molecule has 14 heavy (non-hydrogen) atoms. The molecule has 3 heteroatoms. The summed E-state index contributed by atoms with van der Waals surface area (Å²) in [7, 11) is 0. The molecule has 0 aromatic heterocycles. The van der Waals surface area contributed by atoms with Gasteiger partial charge in [-0.25, -0.2) is 0 Å². The third-order valence-corrected chi connectivity index (χ3v) is 2.47. The van der Waals surface area contributed by atoms with Gasteiger partial charge in [-0.15, -0.1) is 0 Å². The van der Waals surface area contributed by atoms with E-state index in [-0.39, 0.29) is 5.91 Å². The van der Waals surface area contributed by atoms with E-state index in [9.17, 15) is 9.90 Å². The minimum Gasteiger partial charge on any atom is -0.385 e. The number of anilines is 1. The van der Waals surface area contributed by atoms with Gasteiger partial charge in [0.15, 0.2) is 0 Å². The van der Waals surface area contributed by atoms with E-state index >= 15 is 0 Å². The average Bonchev–Trinajstić information content (AvgIpc) is 2.85. The van der Waals surface area contributed by atoms with E-state index < -0.39 is 5.60 Å². The quantitative estimate of drug-likeness (QED) is 0.746. The van der Waals surface area contributed by atoms with Crippen molar-refractivity contribution < 1.29 is 9.90 Å². The predicted molar refractivity (Wildman–Crippen MR) is 53.9 cm³/mol. The number of nitrogens with one attached hydrogen (secondary N) is 1. The van der Waals surface area contributed by atoms with Crippen molar-refractivity contribution in [3.63, 3.8) is 0 Å². The second kappa shape index (κ2) is 3.10. The third-order valence-electron chi connectivity index (χ3n) is 2.47. The summed E-state index contributed by atoms with van der Waals surface area (Å²) in [5.41, 5.74) is 1.12. The van der Waals surface area contributed by atoms with Crippen LogP contribution in [0.25, 0.3) is 0 Å². The standard InChI is InChI=1S/C11H13NO2/c1-8(13)12-10-4-2-9(3-5-10)11(14)6-7-11/h2-5,14H,6-7H2,1H3,(H,12,13). The first-order valence-electron chi connectivity index (χ1n) is 4.71. The second-order valence-corrected chi connectivity index (χ2v) is 3.79. The molecule has 0 unspecified atom stereocenters. The highest BCUT2D eigenvalue weighted by Crippen LogP contribution is 2.45. The molecule has 1 saturated carbocycles. The van der Waals surface area contributed by atoms with Crippen molar-refractivity contribution in [2.45, 2.75) is 25.4 Å². The lowest BCUT2D eigenvalue weighted by Crippen LogP contribution is -2.07. The molecule has 0 aliphatic heterocycles. The number of amides is 1. The summed E-state index contributed by atoms with van der Waals surface area (Å²) in [5.74, 6) is -0.0807. The van der Waals surface area contributed by atoms with Gasteiger partial charge in [0.2, 0.25) is 5.91 Å². The molecule has 2 rings (SSSR count). The lowest BCUT2D eigenvalue weighted by molar-refractivity contribution is -0.114. The first-order chi connectivity index (χ1) is 6.60. The molecule has 2 N–H and O–H groups in total. The molecule has 0 atom stereocenters. The van der Waals surface area contributed by atoms with E-state index in [0.717, 1.165) is 24.1 Å². The van der Waals surface area contributed by atoms with Crippen molar-refractivity contribution in [1.82, 2.24) is 0 Å². The van der Waals surface area contributed by atoms with Crippen LogP contribution in [0.4, 0.5) is 5.69 Å². The van der Waals surface area contributed by atoms with E-state index in [0.29, 0.717) is 0 Å². The van der Waals surface area contributed by atoms with Gasteiger partial charge in [0.1, 0.15) is 0 Å². The van der Waals surface area contributed by atoms with Crippen LogP contribution in [-0.2, 0) is 10.4 Å². The van der Waals surface area contributed by atoms with E-state index in [1.165, 1.54) is 6.92 Å². The largest absolute Gasteiger partial charge is 0.385 e. The molecule has 0 spiro atoms. The zero-order chi connectivity index (χ0) is 10.2. The van der Waals surface area contributed by atoms with Gasteiger partial charge < -0.3 is 10.4 Å². The van der Waals surface area contributed by atoms with Gasteiger partial charge >= 0.3 is 0 Å². The summed E-state index contributed by atoms with van der Waals surface area (Å²) in [4.78, 5) is 10.7. The number of aliphatic hydroxyl groups is 1. The number of benzene rings is 1. The fourth-order valence-electron chi connectivity index (χ4n) is 1.47. The molecule has 0 heterocycles. The summed E-state index contributed by atoms with van der Waals surface area (Å²) in [6.45, 7) is 1.47. The summed E-state index contributed by atoms with van der Waals surface area (Å²) < 4.78 is 0. The van der Waals surface area contributed by atoms with Crippen molar-refractivity contribution >= 4 is 11.6 Å². The van der Waals surface area contributed by atoms with Crippen molar-refractivity contribution in [3.8, 4) is 0 Å². The minimum absolute atomic E-state index is 0.0807. The lowest BCUT2D eigenvalue weighted by atomic mass is 10.1. The minimum atomic E-state index is -0.589. The van der Waals surface area contributed by atoms with Gasteiger partial charge in [0.25, 0.3) is 0 Å². The van der Waals surface area contributed by atoms with Gasteiger partial charge in [0.05, 0.1) is 5.60 Å². The maximum absolute atomic E-state index is 10.7. The molecule has 3 nitrogen and oxygen atoms in total. The molecule has 1 aliphatic carbocycles. The van der Waals surface area contributed by atoms with Crippen LogP contribution in [0, 0.1) is 0 Å². The number of hydrogen-bond donors (Lipinski definition) is 2. The Balaban J connectivity index is 2.14. The van der Waals surface area contributed by atoms with E-state index in [1.54, 1.807) is 0 Å². The van der Waals surface area contributed by atoms with E-state index in [2.05, 4.69) is 5.32 Å². The van der Waals surface area contributed by atoms with Gasteiger partial charge in [0, 0.05) is 12.6 Å². The maximum Gasteiger partial charge on any atom is 0.221 e. The Hall–Kier alpha value is -1.35. The summed E-state index contributed by atoms with van der Waals surface area (Å²) in [6.07, 6.45) is 1.68. The van der Waals surface area contributed by atoms with Crippen LogP contribution < -0.4 is 5.32 Å². The second-order valence-electron chi connectivity index (χ2n) is 3.79.